The number of carboxylic acids is 1. The van der Waals surface area contributed by atoms with Crippen LogP contribution in [0, 0.1) is 0 Å². The summed E-state index contributed by atoms with van der Waals surface area (Å²) in [6.45, 7) is 0. The van der Waals surface area contributed by atoms with Gasteiger partial charge in [0.05, 0.1) is 10.8 Å². The van der Waals surface area contributed by atoms with E-state index in [0.717, 1.165) is 8.78 Å². The molecule has 0 radical (unpaired) electrons. The van der Waals surface area contributed by atoms with Crippen molar-refractivity contribution in [1.29, 1.82) is 0 Å². The van der Waals surface area contributed by atoms with Crippen LogP contribution in [0.2, 0.25) is 0 Å². The maximum absolute atomic E-state index is 12.5. The molecule has 0 unspecified atom stereocenters. The van der Waals surface area contributed by atoms with Crippen molar-refractivity contribution in [3.63, 3.8) is 0 Å². The highest BCUT2D eigenvalue weighted by atomic mass is 79.9. The van der Waals surface area contributed by atoms with Gasteiger partial charge in [0, 0.05) is 14.7 Å². The zero-order chi connectivity index (χ0) is 14.2. The van der Waals surface area contributed by atoms with Gasteiger partial charge >= 0.3 is 5.97 Å². The van der Waals surface area contributed by atoms with Gasteiger partial charge in [-0.2, -0.15) is 4.31 Å². The average Bonchev–Trinajstić information content (AvgIpc) is 2.77. The molecular formula is C10H9Br2NO4S2. The summed E-state index contributed by atoms with van der Waals surface area (Å²) in [5.74, 6) is -0.702. The summed E-state index contributed by atoms with van der Waals surface area (Å²) in [6, 6.07) is 3.67. The topological polar surface area (TPSA) is 74.7 Å². The van der Waals surface area contributed by atoms with Crippen molar-refractivity contribution in [2.45, 2.75) is 10.9 Å². The van der Waals surface area contributed by atoms with E-state index in [1.807, 2.05) is 0 Å². The quantitative estimate of drug-likeness (QED) is 0.796. The third-order valence-electron chi connectivity index (χ3n) is 2.61. The fourth-order valence-corrected chi connectivity index (χ4v) is 6.51. The van der Waals surface area contributed by atoms with Gasteiger partial charge in [-0.25, -0.2) is 8.42 Å². The Bertz CT molecular complexity index is 620. The van der Waals surface area contributed by atoms with Crippen LogP contribution in [-0.2, 0) is 14.8 Å². The van der Waals surface area contributed by atoms with Crippen molar-refractivity contribution in [3.8, 4) is 0 Å². The molecule has 0 aromatic heterocycles. The van der Waals surface area contributed by atoms with Crippen LogP contribution in [-0.4, -0.2) is 41.5 Å². The molecule has 5 nitrogen and oxygen atoms in total. The largest absolute Gasteiger partial charge is 0.480 e. The summed E-state index contributed by atoms with van der Waals surface area (Å²) in [7, 11) is -3.82. The molecule has 0 saturated carbocycles. The summed E-state index contributed by atoms with van der Waals surface area (Å²) >= 11 is 7.73. The molecule has 0 bridgehead atoms. The number of benzene rings is 1. The maximum atomic E-state index is 12.5. The van der Waals surface area contributed by atoms with Crippen molar-refractivity contribution in [1.82, 2.24) is 4.31 Å². The smallest absolute Gasteiger partial charge is 0.322 e. The molecule has 9 heteroatoms. The van der Waals surface area contributed by atoms with Crippen LogP contribution < -0.4 is 0 Å². The molecule has 2 rings (SSSR count). The van der Waals surface area contributed by atoms with E-state index in [1.165, 1.54) is 17.8 Å². The van der Waals surface area contributed by atoms with Crippen LogP contribution in [0.5, 0.6) is 0 Å². The molecule has 0 aliphatic carbocycles. The van der Waals surface area contributed by atoms with Gasteiger partial charge in [0.15, 0.2) is 0 Å². The molecule has 1 heterocycles. The minimum absolute atomic E-state index is 0.0736. The second kappa shape index (κ2) is 5.72. The number of rotatable bonds is 3. The summed E-state index contributed by atoms with van der Waals surface area (Å²) in [5.41, 5.74) is 0. The van der Waals surface area contributed by atoms with Gasteiger partial charge in [-0.3, -0.25) is 4.79 Å². The van der Waals surface area contributed by atoms with Crippen LogP contribution in [0.3, 0.4) is 0 Å². The van der Waals surface area contributed by atoms with E-state index < -0.39 is 22.0 Å². The number of sulfonamides is 1. The Morgan fingerprint density at radius 3 is 2.68 bits per heavy atom. The van der Waals surface area contributed by atoms with E-state index in [-0.39, 0.29) is 16.5 Å². The molecule has 1 N–H and O–H groups in total. The Balaban J connectivity index is 2.45. The molecule has 19 heavy (non-hydrogen) atoms. The van der Waals surface area contributed by atoms with Crippen molar-refractivity contribution < 1.29 is 18.3 Å². The monoisotopic (exact) mass is 429 g/mol. The number of carbonyl (C=O) groups is 1. The Morgan fingerprint density at radius 1 is 1.42 bits per heavy atom. The Labute approximate surface area is 131 Å². The SMILES string of the molecule is O=C(O)[C@@H]1CSCN1S(=O)(=O)c1ccc(Br)cc1Br. The fraction of sp³-hybridized carbons (Fsp3) is 0.300. The lowest BCUT2D eigenvalue weighted by Crippen LogP contribution is -2.41. The van der Waals surface area contributed by atoms with Crippen LogP contribution in [0.15, 0.2) is 32.0 Å². The lowest BCUT2D eigenvalue weighted by Gasteiger charge is -2.20. The molecule has 1 aromatic carbocycles. The minimum atomic E-state index is -3.82. The van der Waals surface area contributed by atoms with Gasteiger partial charge in [0.25, 0.3) is 0 Å². The summed E-state index contributed by atoms with van der Waals surface area (Å²) in [5, 5.41) is 9.07. The number of carboxylic acid groups (broad SMARTS) is 1. The second-order valence-electron chi connectivity index (χ2n) is 3.82. The first kappa shape index (κ1) is 15.3. The highest BCUT2D eigenvalue weighted by Gasteiger charge is 2.40. The first-order valence-electron chi connectivity index (χ1n) is 5.11. The third kappa shape index (κ3) is 2.99. The summed E-state index contributed by atoms with van der Waals surface area (Å²) < 4.78 is 27.1. The van der Waals surface area contributed by atoms with E-state index in [4.69, 9.17) is 5.11 Å². The van der Waals surface area contributed by atoms with Crippen molar-refractivity contribution in [3.05, 3.63) is 27.1 Å². The number of hydrogen-bond acceptors (Lipinski definition) is 4. The Hall–Kier alpha value is -0.0900. The molecular weight excluding hydrogens is 422 g/mol. The zero-order valence-corrected chi connectivity index (χ0v) is 14.2. The van der Waals surface area contributed by atoms with Crippen LogP contribution in [0.1, 0.15) is 0 Å². The first-order valence-corrected chi connectivity index (χ1v) is 9.29. The predicted octanol–water partition coefficient (Wildman–Crippen LogP) is 2.36. The molecule has 1 aliphatic heterocycles. The molecule has 1 aromatic rings. The third-order valence-corrected chi connectivity index (χ3v) is 7.11. The van der Waals surface area contributed by atoms with Gasteiger partial charge in [0.1, 0.15) is 6.04 Å². The van der Waals surface area contributed by atoms with Crippen molar-refractivity contribution in [2.75, 3.05) is 11.6 Å². The van der Waals surface area contributed by atoms with Gasteiger partial charge in [-0.15, -0.1) is 11.8 Å². The van der Waals surface area contributed by atoms with Crippen LogP contribution in [0.4, 0.5) is 0 Å². The number of aliphatic carboxylic acids is 1. The fourth-order valence-electron chi connectivity index (χ4n) is 1.67. The van der Waals surface area contributed by atoms with E-state index in [1.54, 1.807) is 12.1 Å². The standard InChI is InChI=1S/C10H9Br2NO4S2/c11-6-1-2-9(7(12)3-6)19(16,17)13-5-18-4-8(13)10(14)15/h1-3,8H,4-5H2,(H,14,15)/t8-/m0/s1. The number of hydrogen-bond donors (Lipinski definition) is 1. The summed E-state index contributed by atoms with van der Waals surface area (Å²) in [4.78, 5) is 11.2. The normalized spacial score (nSPS) is 20.6. The molecule has 0 amide bonds. The lowest BCUT2D eigenvalue weighted by atomic mass is 10.4. The van der Waals surface area contributed by atoms with E-state index >= 15 is 0 Å². The summed E-state index contributed by atoms with van der Waals surface area (Å²) in [6.07, 6.45) is 0. The maximum Gasteiger partial charge on any atom is 0.322 e. The van der Waals surface area contributed by atoms with E-state index in [9.17, 15) is 13.2 Å². The average molecular weight is 431 g/mol. The van der Waals surface area contributed by atoms with Gasteiger partial charge in [-0.1, -0.05) is 15.9 Å². The van der Waals surface area contributed by atoms with Gasteiger partial charge in [0.2, 0.25) is 10.0 Å². The number of halogens is 2. The molecule has 0 spiro atoms. The van der Waals surface area contributed by atoms with Gasteiger partial charge < -0.3 is 5.11 Å². The predicted molar refractivity (Wildman–Crippen MR) is 79.6 cm³/mol. The van der Waals surface area contributed by atoms with E-state index in [0.29, 0.717) is 4.47 Å². The molecule has 1 fully saturated rings. The first-order chi connectivity index (χ1) is 8.84. The second-order valence-corrected chi connectivity index (χ2v) is 8.45. The van der Waals surface area contributed by atoms with Crippen molar-refractivity contribution >= 4 is 59.6 Å². The van der Waals surface area contributed by atoms with Crippen LogP contribution >= 0.6 is 43.6 Å². The lowest BCUT2D eigenvalue weighted by molar-refractivity contribution is -0.140. The zero-order valence-electron chi connectivity index (χ0n) is 9.42. The van der Waals surface area contributed by atoms with Gasteiger partial charge in [-0.05, 0) is 34.1 Å². The van der Waals surface area contributed by atoms with Crippen LogP contribution in [0.25, 0.3) is 0 Å². The highest BCUT2D eigenvalue weighted by Crippen LogP contribution is 2.33. The number of nitrogens with zero attached hydrogens (tertiary/aromatic N) is 1. The number of thioether (sulfide) groups is 1. The van der Waals surface area contributed by atoms with E-state index in [2.05, 4.69) is 31.9 Å². The minimum Gasteiger partial charge on any atom is -0.480 e. The van der Waals surface area contributed by atoms with Crippen molar-refractivity contribution in [2.24, 2.45) is 0 Å². The highest BCUT2D eigenvalue weighted by molar-refractivity contribution is 9.11. The molecule has 1 atom stereocenters. The molecule has 104 valence electrons. The Kier molecular flexibility index (Phi) is 4.61. The molecule has 1 aliphatic rings. The molecule has 1 saturated heterocycles. The Morgan fingerprint density at radius 2 is 2.11 bits per heavy atom.